The minimum atomic E-state index is -0.903. The van der Waals surface area contributed by atoms with Crippen molar-refractivity contribution in [2.45, 2.75) is 33.2 Å². The van der Waals surface area contributed by atoms with E-state index in [0.717, 1.165) is 5.39 Å². The maximum Gasteiger partial charge on any atom is 0.326 e. The molecule has 0 spiro atoms. The second-order valence-electron chi connectivity index (χ2n) is 6.06. The maximum atomic E-state index is 11.5. The van der Waals surface area contributed by atoms with E-state index in [9.17, 15) is 9.90 Å². The summed E-state index contributed by atoms with van der Waals surface area (Å²) in [6.07, 6.45) is 0.500. The lowest BCUT2D eigenvalue weighted by Gasteiger charge is -2.17. The molecule has 0 radical (unpaired) electrons. The molecule has 3 rings (SSSR count). The van der Waals surface area contributed by atoms with Gasteiger partial charge in [-0.2, -0.15) is 0 Å². The zero-order chi connectivity index (χ0) is 16.6. The number of furan rings is 1. The Morgan fingerprint density at radius 3 is 2.74 bits per heavy atom. The molecule has 0 unspecified atom stereocenters. The van der Waals surface area contributed by atoms with Crippen molar-refractivity contribution < 1.29 is 14.3 Å². The normalized spacial score (nSPS) is 12.9. The molecule has 0 fully saturated rings. The van der Waals surface area contributed by atoms with E-state index in [1.54, 1.807) is 6.92 Å². The molecule has 2 aromatic heterocycles. The highest BCUT2D eigenvalue weighted by molar-refractivity contribution is 6.05. The fourth-order valence-corrected chi connectivity index (χ4v) is 2.66. The van der Waals surface area contributed by atoms with Crippen molar-refractivity contribution >= 4 is 33.9 Å². The summed E-state index contributed by atoms with van der Waals surface area (Å²) in [5.74, 6) is 0.342. The number of fused-ring (bicyclic) bond motifs is 3. The van der Waals surface area contributed by atoms with Crippen molar-refractivity contribution in [1.82, 2.24) is 9.97 Å². The lowest BCUT2D eigenvalue weighted by Crippen LogP contribution is -2.31. The van der Waals surface area contributed by atoms with Gasteiger partial charge in [0, 0.05) is 5.39 Å². The van der Waals surface area contributed by atoms with Crippen LogP contribution >= 0.6 is 0 Å². The molecule has 0 amide bonds. The number of carboxylic acids is 1. The Labute approximate surface area is 133 Å². The van der Waals surface area contributed by atoms with Crippen LogP contribution in [0.3, 0.4) is 0 Å². The Kier molecular flexibility index (Phi) is 3.90. The Balaban J connectivity index is 2.11. The summed E-state index contributed by atoms with van der Waals surface area (Å²) >= 11 is 0. The largest absolute Gasteiger partial charge is 0.480 e. The average molecular weight is 313 g/mol. The van der Waals surface area contributed by atoms with Gasteiger partial charge >= 0.3 is 5.97 Å². The summed E-state index contributed by atoms with van der Waals surface area (Å²) in [7, 11) is 0. The first-order chi connectivity index (χ1) is 11.0. The number of benzene rings is 1. The van der Waals surface area contributed by atoms with E-state index < -0.39 is 12.0 Å². The molecule has 2 heterocycles. The van der Waals surface area contributed by atoms with Gasteiger partial charge in [-0.25, -0.2) is 14.8 Å². The van der Waals surface area contributed by atoms with Gasteiger partial charge in [-0.05, 0) is 31.4 Å². The first-order valence-electron chi connectivity index (χ1n) is 7.61. The number of rotatable bonds is 5. The van der Waals surface area contributed by atoms with Gasteiger partial charge in [0.2, 0.25) is 0 Å². The number of aromatic nitrogens is 2. The zero-order valence-electron chi connectivity index (χ0n) is 13.3. The Bertz CT molecular complexity index is 870. The SMILES string of the molecule is Cc1nc(N[C@@H](CC(C)C)C(=O)O)c2oc3ccccc3c2n1. The highest BCUT2D eigenvalue weighted by Gasteiger charge is 2.22. The molecule has 0 aliphatic rings. The number of anilines is 1. The number of nitrogens with zero attached hydrogens (tertiary/aromatic N) is 2. The summed E-state index contributed by atoms with van der Waals surface area (Å²) in [6, 6.07) is 6.87. The van der Waals surface area contributed by atoms with E-state index in [0.29, 0.717) is 34.7 Å². The topological polar surface area (TPSA) is 88.2 Å². The number of hydrogen-bond donors (Lipinski definition) is 2. The van der Waals surface area contributed by atoms with Crippen LogP contribution in [0.1, 0.15) is 26.1 Å². The average Bonchev–Trinajstić information content (AvgIpc) is 2.85. The molecule has 23 heavy (non-hydrogen) atoms. The maximum absolute atomic E-state index is 11.5. The second-order valence-corrected chi connectivity index (χ2v) is 6.06. The Hall–Kier alpha value is -2.63. The van der Waals surface area contributed by atoms with E-state index in [1.165, 1.54) is 0 Å². The summed E-state index contributed by atoms with van der Waals surface area (Å²) in [5, 5.41) is 13.3. The number of nitrogens with one attached hydrogen (secondary N) is 1. The quantitative estimate of drug-likeness (QED) is 0.748. The zero-order valence-corrected chi connectivity index (χ0v) is 13.3. The van der Waals surface area contributed by atoms with Crippen LogP contribution in [-0.2, 0) is 4.79 Å². The number of aliphatic carboxylic acids is 1. The highest BCUT2D eigenvalue weighted by atomic mass is 16.4. The lowest BCUT2D eigenvalue weighted by molar-refractivity contribution is -0.138. The van der Waals surface area contributed by atoms with E-state index >= 15 is 0 Å². The molecule has 2 N–H and O–H groups in total. The molecule has 0 aliphatic heterocycles. The van der Waals surface area contributed by atoms with Crippen LogP contribution in [-0.4, -0.2) is 27.1 Å². The van der Waals surface area contributed by atoms with Gasteiger partial charge in [-0.15, -0.1) is 0 Å². The van der Waals surface area contributed by atoms with E-state index in [2.05, 4.69) is 15.3 Å². The van der Waals surface area contributed by atoms with Crippen molar-refractivity contribution in [1.29, 1.82) is 0 Å². The van der Waals surface area contributed by atoms with Crippen LogP contribution < -0.4 is 5.32 Å². The van der Waals surface area contributed by atoms with Crippen LogP contribution in [0, 0.1) is 12.8 Å². The van der Waals surface area contributed by atoms with Gasteiger partial charge < -0.3 is 14.8 Å². The van der Waals surface area contributed by atoms with E-state index in [-0.39, 0.29) is 5.92 Å². The summed E-state index contributed by atoms with van der Waals surface area (Å²) in [6.45, 7) is 5.75. The smallest absolute Gasteiger partial charge is 0.326 e. The van der Waals surface area contributed by atoms with Crippen molar-refractivity contribution in [2.24, 2.45) is 5.92 Å². The van der Waals surface area contributed by atoms with Crippen LogP contribution in [0.2, 0.25) is 0 Å². The Morgan fingerprint density at radius 1 is 1.30 bits per heavy atom. The van der Waals surface area contributed by atoms with Gasteiger partial charge in [0.1, 0.15) is 23.0 Å². The first-order valence-corrected chi connectivity index (χ1v) is 7.61. The highest BCUT2D eigenvalue weighted by Crippen LogP contribution is 2.31. The van der Waals surface area contributed by atoms with Gasteiger partial charge in [0.05, 0.1) is 0 Å². The molecule has 6 heteroatoms. The van der Waals surface area contributed by atoms with E-state index in [4.69, 9.17) is 4.42 Å². The number of carbonyl (C=O) groups is 1. The molecule has 0 bridgehead atoms. The van der Waals surface area contributed by atoms with Crippen LogP contribution in [0.25, 0.3) is 22.1 Å². The van der Waals surface area contributed by atoms with Crippen molar-refractivity contribution in [3.05, 3.63) is 30.1 Å². The fraction of sp³-hybridized carbons (Fsp3) is 0.353. The Morgan fingerprint density at radius 2 is 2.04 bits per heavy atom. The van der Waals surface area contributed by atoms with Gasteiger partial charge in [0.25, 0.3) is 0 Å². The number of hydrogen-bond acceptors (Lipinski definition) is 5. The van der Waals surface area contributed by atoms with Crippen LogP contribution in [0.15, 0.2) is 28.7 Å². The predicted molar refractivity (Wildman–Crippen MR) is 88.5 cm³/mol. The number of aryl methyl sites for hydroxylation is 1. The third kappa shape index (κ3) is 2.97. The molecule has 6 nitrogen and oxygen atoms in total. The lowest BCUT2D eigenvalue weighted by atomic mass is 10.0. The van der Waals surface area contributed by atoms with E-state index in [1.807, 2.05) is 38.1 Å². The third-order valence-corrected chi connectivity index (χ3v) is 3.65. The molecular weight excluding hydrogens is 294 g/mol. The van der Waals surface area contributed by atoms with Gasteiger partial charge in [-0.1, -0.05) is 26.0 Å². The van der Waals surface area contributed by atoms with Gasteiger partial charge in [-0.3, -0.25) is 0 Å². The van der Waals surface area contributed by atoms with Crippen molar-refractivity contribution in [3.8, 4) is 0 Å². The van der Waals surface area contributed by atoms with Crippen LogP contribution in [0.5, 0.6) is 0 Å². The third-order valence-electron chi connectivity index (χ3n) is 3.65. The number of carboxylic acid groups (broad SMARTS) is 1. The predicted octanol–water partition coefficient (Wildman–Crippen LogP) is 3.60. The van der Waals surface area contributed by atoms with Gasteiger partial charge in [0.15, 0.2) is 11.4 Å². The summed E-state index contributed by atoms with van der Waals surface area (Å²) in [4.78, 5) is 20.3. The van der Waals surface area contributed by atoms with Crippen molar-refractivity contribution in [3.63, 3.8) is 0 Å². The molecule has 120 valence electrons. The summed E-state index contributed by atoms with van der Waals surface area (Å²) < 4.78 is 5.84. The van der Waals surface area contributed by atoms with Crippen molar-refractivity contribution in [2.75, 3.05) is 5.32 Å². The standard InChI is InChI=1S/C17H19N3O3/c1-9(2)8-12(17(21)22)20-16-15-14(18-10(3)19-16)11-6-4-5-7-13(11)23-15/h4-7,9,12H,8H2,1-3H3,(H,21,22)(H,18,19,20)/t12-/m0/s1. The molecule has 0 saturated carbocycles. The second kappa shape index (κ2) is 5.87. The van der Waals surface area contributed by atoms with Crippen LogP contribution in [0.4, 0.5) is 5.82 Å². The monoisotopic (exact) mass is 313 g/mol. The molecular formula is C17H19N3O3. The minimum absolute atomic E-state index is 0.248. The molecule has 1 aromatic carbocycles. The number of para-hydroxylation sites is 1. The minimum Gasteiger partial charge on any atom is -0.480 e. The molecule has 3 aromatic rings. The first kappa shape index (κ1) is 15.3. The molecule has 1 atom stereocenters. The molecule has 0 aliphatic carbocycles. The summed E-state index contributed by atoms with van der Waals surface area (Å²) in [5.41, 5.74) is 1.90. The molecule has 0 saturated heterocycles. The fourth-order valence-electron chi connectivity index (χ4n) is 2.66.